The summed E-state index contributed by atoms with van der Waals surface area (Å²) in [5.74, 6) is 0.719. The van der Waals surface area contributed by atoms with E-state index in [1.807, 2.05) is 72.2 Å². The Balaban J connectivity index is 1.40. The van der Waals surface area contributed by atoms with Crippen molar-refractivity contribution in [2.75, 3.05) is 5.75 Å². The Morgan fingerprint density at radius 1 is 1.10 bits per heavy atom. The summed E-state index contributed by atoms with van der Waals surface area (Å²) in [5, 5.41) is 14.1. The highest BCUT2D eigenvalue weighted by molar-refractivity contribution is 7.99. The highest BCUT2D eigenvalue weighted by Crippen LogP contribution is 2.21. The van der Waals surface area contributed by atoms with Gasteiger partial charge in [-0.3, -0.25) is 14.3 Å². The van der Waals surface area contributed by atoms with Gasteiger partial charge in [0.05, 0.1) is 17.5 Å². The summed E-state index contributed by atoms with van der Waals surface area (Å²) in [6.45, 7) is 1.88. The maximum absolute atomic E-state index is 12.2. The number of carbonyl (C=O) groups excluding carboxylic acids is 1. The van der Waals surface area contributed by atoms with Gasteiger partial charge in [-0.25, -0.2) is 5.43 Å². The molecule has 1 amide bonds. The number of para-hydroxylation sites is 2. The predicted molar refractivity (Wildman–Crippen MR) is 114 cm³/mol. The van der Waals surface area contributed by atoms with Gasteiger partial charge in [0.15, 0.2) is 5.16 Å². The lowest BCUT2D eigenvalue weighted by Gasteiger charge is -2.07. The van der Waals surface area contributed by atoms with Crippen LogP contribution in [0, 0.1) is 6.92 Å². The van der Waals surface area contributed by atoms with Crippen LogP contribution in [0.1, 0.15) is 11.4 Å². The first-order valence-electron chi connectivity index (χ1n) is 8.98. The molecule has 0 radical (unpaired) electrons. The number of hydrogen-bond donors (Lipinski definition) is 1. The Morgan fingerprint density at radius 2 is 1.93 bits per heavy atom. The van der Waals surface area contributed by atoms with E-state index in [1.165, 1.54) is 11.8 Å². The van der Waals surface area contributed by atoms with Gasteiger partial charge in [-0.1, -0.05) is 54.2 Å². The molecule has 0 atom stereocenters. The van der Waals surface area contributed by atoms with Gasteiger partial charge < -0.3 is 0 Å². The first kappa shape index (κ1) is 18.8. The number of carbonyl (C=O) groups is 1. The van der Waals surface area contributed by atoms with Crippen LogP contribution in [-0.2, 0) is 4.79 Å². The standard InChI is InChI=1S/C21H18N6OS/c1-15-24-26-21(27(15)18-10-3-2-4-11-18)29-14-19(28)25-23-13-17-8-5-7-16-9-6-12-22-20(16)17/h2-13H,14H2,1H3,(H,25,28). The topological polar surface area (TPSA) is 85.1 Å². The summed E-state index contributed by atoms with van der Waals surface area (Å²) in [7, 11) is 0. The maximum Gasteiger partial charge on any atom is 0.250 e. The second-order valence-electron chi connectivity index (χ2n) is 6.20. The number of nitrogens with zero attached hydrogens (tertiary/aromatic N) is 5. The lowest BCUT2D eigenvalue weighted by atomic mass is 10.1. The molecule has 1 N–H and O–H groups in total. The SMILES string of the molecule is Cc1nnc(SCC(=O)NN=Cc2cccc3cccnc23)n1-c1ccccc1. The van der Waals surface area contributed by atoms with Crippen molar-refractivity contribution in [3.8, 4) is 5.69 Å². The van der Waals surface area contributed by atoms with Crippen LogP contribution in [0.3, 0.4) is 0 Å². The molecule has 0 aliphatic rings. The lowest BCUT2D eigenvalue weighted by molar-refractivity contribution is -0.118. The molecule has 0 aliphatic carbocycles. The van der Waals surface area contributed by atoms with Crippen molar-refractivity contribution in [1.82, 2.24) is 25.2 Å². The van der Waals surface area contributed by atoms with Crippen LogP contribution in [-0.4, -0.2) is 37.6 Å². The third kappa shape index (κ3) is 4.33. The molecule has 0 unspecified atom stereocenters. The number of hydrogen-bond acceptors (Lipinski definition) is 6. The summed E-state index contributed by atoms with van der Waals surface area (Å²) in [6.07, 6.45) is 3.34. The van der Waals surface area contributed by atoms with Crippen LogP contribution in [0.2, 0.25) is 0 Å². The molecule has 2 aromatic carbocycles. The molecule has 144 valence electrons. The predicted octanol–water partition coefficient (Wildman–Crippen LogP) is 3.37. The van der Waals surface area contributed by atoms with Crippen molar-refractivity contribution in [2.24, 2.45) is 5.10 Å². The number of nitrogens with one attached hydrogen (secondary N) is 1. The maximum atomic E-state index is 12.2. The summed E-state index contributed by atoms with van der Waals surface area (Å²) in [4.78, 5) is 16.6. The monoisotopic (exact) mass is 402 g/mol. The van der Waals surface area contributed by atoms with Gasteiger partial charge in [0.2, 0.25) is 0 Å². The molecule has 0 spiro atoms. The third-order valence-corrected chi connectivity index (χ3v) is 5.13. The molecule has 0 fully saturated rings. The smallest absolute Gasteiger partial charge is 0.250 e. The minimum atomic E-state index is -0.222. The Bertz CT molecular complexity index is 1170. The fourth-order valence-corrected chi connectivity index (χ4v) is 3.67. The van der Waals surface area contributed by atoms with E-state index in [0.717, 1.165) is 28.0 Å². The van der Waals surface area contributed by atoms with Crippen LogP contribution < -0.4 is 5.43 Å². The summed E-state index contributed by atoms with van der Waals surface area (Å²) in [6, 6.07) is 19.5. The number of aryl methyl sites for hydroxylation is 1. The Labute approximate surface area is 171 Å². The molecule has 2 heterocycles. The summed E-state index contributed by atoms with van der Waals surface area (Å²) >= 11 is 1.31. The normalized spacial score (nSPS) is 11.2. The van der Waals surface area contributed by atoms with Crippen molar-refractivity contribution >= 4 is 34.8 Å². The largest absolute Gasteiger partial charge is 0.274 e. The van der Waals surface area contributed by atoms with Crippen LogP contribution >= 0.6 is 11.8 Å². The molecule has 0 saturated carbocycles. The fourth-order valence-electron chi connectivity index (χ4n) is 2.88. The summed E-state index contributed by atoms with van der Waals surface area (Å²) < 4.78 is 1.92. The van der Waals surface area contributed by atoms with Crippen molar-refractivity contribution in [1.29, 1.82) is 0 Å². The molecule has 4 aromatic rings. The van der Waals surface area contributed by atoms with E-state index < -0.39 is 0 Å². The number of thioether (sulfide) groups is 1. The molecule has 2 aromatic heterocycles. The zero-order valence-corrected chi connectivity index (χ0v) is 16.5. The first-order chi connectivity index (χ1) is 14.2. The number of aromatic nitrogens is 4. The van der Waals surface area contributed by atoms with E-state index in [1.54, 1.807) is 12.4 Å². The zero-order chi connectivity index (χ0) is 20.1. The van der Waals surface area contributed by atoms with Gasteiger partial charge in [0, 0.05) is 22.8 Å². The lowest BCUT2D eigenvalue weighted by Crippen LogP contribution is -2.20. The Morgan fingerprint density at radius 3 is 2.79 bits per heavy atom. The van der Waals surface area contributed by atoms with Gasteiger partial charge in [0.25, 0.3) is 5.91 Å². The van der Waals surface area contributed by atoms with Crippen molar-refractivity contribution in [3.05, 3.63) is 78.2 Å². The third-order valence-electron chi connectivity index (χ3n) is 4.20. The number of benzene rings is 2. The van der Waals surface area contributed by atoms with E-state index >= 15 is 0 Å². The minimum absolute atomic E-state index is 0.177. The van der Waals surface area contributed by atoms with Gasteiger partial charge in [0.1, 0.15) is 5.82 Å². The molecule has 7 nitrogen and oxygen atoms in total. The van der Waals surface area contributed by atoms with Gasteiger partial charge >= 0.3 is 0 Å². The van der Waals surface area contributed by atoms with Crippen molar-refractivity contribution < 1.29 is 4.79 Å². The van der Waals surface area contributed by atoms with E-state index in [0.29, 0.717) is 5.16 Å². The zero-order valence-electron chi connectivity index (χ0n) is 15.7. The minimum Gasteiger partial charge on any atom is -0.274 e. The number of pyridine rings is 1. The van der Waals surface area contributed by atoms with Crippen molar-refractivity contribution in [3.63, 3.8) is 0 Å². The molecular formula is C21H18N6OS. The van der Waals surface area contributed by atoms with Crippen molar-refractivity contribution in [2.45, 2.75) is 12.1 Å². The van der Waals surface area contributed by atoms with E-state index in [9.17, 15) is 4.79 Å². The van der Waals surface area contributed by atoms with E-state index in [-0.39, 0.29) is 11.7 Å². The van der Waals surface area contributed by atoms with E-state index in [4.69, 9.17) is 0 Å². The number of hydrazone groups is 1. The second kappa shape index (κ2) is 8.66. The molecule has 0 bridgehead atoms. The van der Waals surface area contributed by atoms with Gasteiger partial charge in [-0.15, -0.1) is 10.2 Å². The fraction of sp³-hybridized carbons (Fsp3) is 0.0952. The van der Waals surface area contributed by atoms with Gasteiger partial charge in [-0.05, 0) is 25.1 Å². The van der Waals surface area contributed by atoms with Crippen LogP contribution in [0.25, 0.3) is 16.6 Å². The van der Waals surface area contributed by atoms with E-state index in [2.05, 4.69) is 25.7 Å². The number of amides is 1. The second-order valence-corrected chi connectivity index (χ2v) is 7.15. The van der Waals surface area contributed by atoms with Crippen LogP contribution in [0.5, 0.6) is 0 Å². The molecule has 0 saturated heterocycles. The molecule has 8 heteroatoms. The Kier molecular flexibility index (Phi) is 5.62. The first-order valence-corrected chi connectivity index (χ1v) is 9.97. The number of rotatable bonds is 6. The Hall–Kier alpha value is -3.52. The average molecular weight is 402 g/mol. The molecule has 29 heavy (non-hydrogen) atoms. The highest BCUT2D eigenvalue weighted by atomic mass is 32.2. The highest BCUT2D eigenvalue weighted by Gasteiger charge is 2.13. The summed E-state index contributed by atoms with van der Waals surface area (Å²) in [5.41, 5.74) is 5.20. The molecule has 0 aliphatic heterocycles. The quantitative estimate of drug-likeness (QED) is 0.304. The molecular weight excluding hydrogens is 384 g/mol. The average Bonchev–Trinajstić information content (AvgIpc) is 3.13. The number of fused-ring (bicyclic) bond motifs is 1. The van der Waals surface area contributed by atoms with Crippen LogP contribution in [0.15, 0.2) is 77.1 Å². The van der Waals surface area contributed by atoms with Crippen LogP contribution in [0.4, 0.5) is 0 Å². The van der Waals surface area contributed by atoms with Gasteiger partial charge in [-0.2, -0.15) is 5.10 Å². The molecule has 4 rings (SSSR count).